The molecule has 1 aliphatic rings. The highest BCUT2D eigenvalue weighted by molar-refractivity contribution is 7.47. The topological polar surface area (TPSA) is 210 Å². The van der Waals surface area contributed by atoms with Crippen molar-refractivity contribution in [3.05, 3.63) is 12.2 Å². The molecule has 0 radical (unpaired) electrons. The number of ether oxygens (including phenoxy) is 2. The van der Waals surface area contributed by atoms with Crippen LogP contribution in [-0.4, -0.2) is 98.3 Å². The van der Waals surface area contributed by atoms with Gasteiger partial charge in [-0.2, -0.15) is 0 Å². The molecule has 39 heavy (non-hydrogen) atoms. The number of hydrogen-bond acceptors (Lipinski definition) is 12. The van der Waals surface area contributed by atoms with E-state index in [4.69, 9.17) is 18.5 Å². The first-order valence-electron chi connectivity index (χ1n) is 13.5. The highest BCUT2D eigenvalue weighted by Crippen LogP contribution is 2.47. The molecule has 1 rings (SSSR count). The Balaban J connectivity index is 2.55. The van der Waals surface area contributed by atoms with Crippen LogP contribution in [0.1, 0.15) is 78.1 Å². The van der Waals surface area contributed by atoms with Gasteiger partial charge in [-0.05, 0) is 25.7 Å². The second-order valence-corrected chi connectivity index (χ2v) is 10.9. The van der Waals surface area contributed by atoms with E-state index in [0.717, 1.165) is 44.9 Å². The minimum absolute atomic E-state index is 0.0471. The lowest BCUT2D eigenvalue weighted by Crippen LogP contribution is -2.64. The van der Waals surface area contributed by atoms with Crippen LogP contribution in [-0.2, 0) is 32.7 Å². The van der Waals surface area contributed by atoms with E-state index in [2.05, 4.69) is 19.1 Å². The van der Waals surface area contributed by atoms with Gasteiger partial charge in [-0.3, -0.25) is 18.6 Å². The molecule has 1 aliphatic carbocycles. The number of carbonyl (C=O) groups is 2. The Morgan fingerprint density at radius 1 is 0.795 bits per heavy atom. The number of rotatable bonds is 19. The second kappa shape index (κ2) is 18.8. The molecule has 0 aromatic carbocycles. The number of unbranched alkanes of at least 4 members (excludes halogenated alkanes) is 6. The first-order valence-corrected chi connectivity index (χ1v) is 15.0. The number of esters is 2. The molecule has 1 fully saturated rings. The average molecular weight is 585 g/mol. The number of aliphatic hydroxyl groups excluding tert-OH is 5. The Morgan fingerprint density at radius 2 is 1.36 bits per heavy atom. The summed E-state index contributed by atoms with van der Waals surface area (Å²) in [5.41, 5.74) is 0. The van der Waals surface area contributed by atoms with Crippen LogP contribution in [0.3, 0.4) is 0 Å². The van der Waals surface area contributed by atoms with Crippen molar-refractivity contribution < 1.29 is 63.1 Å². The third-order valence-electron chi connectivity index (χ3n) is 6.14. The van der Waals surface area contributed by atoms with Crippen LogP contribution in [0, 0.1) is 0 Å². The third kappa shape index (κ3) is 13.7. The fraction of sp³-hybridized carbons (Fsp3) is 0.840. The summed E-state index contributed by atoms with van der Waals surface area (Å²) in [6.45, 7) is 2.49. The van der Waals surface area contributed by atoms with Crippen molar-refractivity contribution in [2.24, 2.45) is 0 Å². The van der Waals surface area contributed by atoms with Gasteiger partial charge in [0.15, 0.2) is 6.10 Å². The van der Waals surface area contributed by atoms with E-state index >= 15 is 0 Å². The fourth-order valence-corrected chi connectivity index (χ4v) is 4.77. The molecule has 0 saturated heterocycles. The van der Waals surface area contributed by atoms with Gasteiger partial charge in [0.05, 0.1) is 6.61 Å². The Labute approximate surface area is 229 Å². The van der Waals surface area contributed by atoms with Gasteiger partial charge in [-0.25, -0.2) is 4.57 Å². The monoisotopic (exact) mass is 584 g/mol. The van der Waals surface area contributed by atoms with Crippen LogP contribution >= 0.6 is 7.82 Å². The van der Waals surface area contributed by atoms with Gasteiger partial charge in [-0.15, -0.1) is 0 Å². The molecule has 228 valence electrons. The van der Waals surface area contributed by atoms with E-state index in [1.54, 1.807) is 6.92 Å². The van der Waals surface area contributed by atoms with Gasteiger partial charge in [0.25, 0.3) is 0 Å². The van der Waals surface area contributed by atoms with Crippen LogP contribution < -0.4 is 0 Å². The van der Waals surface area contributed by atoms with Gasteiger partial charge in [0, 0.05) is 12.8 Å². The zero-order chi connectivity index (χ0) is 29.4. The lowest BCUT2D eigenvalue weighted by molar-refractivity contribution is -0.220. The molecule has 0 amide bonds. The second-order valence-electron chi connectivity index (χ2n) is 9.50. The van der Waals surface area contributed by atoms with Crippen LogP contribution in [0.2, 0.25) is 0 Å². The number of phosphoric ester groups is 1. The zero-order valence-electron chi connectivity index (χ0n) is 22.7. The van der Waals surface area contributed by atoms with Gasteiger partial charge < -0.3 is 39.9 Å². The van der Waals surface area contributed by atoms with E-state index in [-0.39, 0.29) is 12.8 Å². The molecule has 14 heteroatoms. The first-order chi connectivity index (χ1) is 18.4. The van der Waals surface area contributed by atoms with Gasteiger partial charge in [0.1, 0.15) is 43.2 Å². The van der Waals surface area contributed by atoms with Crippen molar-refractivity contribution in [1.29, 1.82) is 0 Å². The fourth-order valence-electron chi connectivity index (χ4n) is 3.80. The number of phosphoric acid groups is 1. The molecule has 13 nitrogen and oxygen atoms in total. The standard InChI is InChI=1S/C25H45O13P/c1-3-5-6-7-8-9-10-11-12-13-14-19(27)37-17(15-35-18(26)4-2)16-36-39(33,34)38-25-23(31)21(29)20(28)22(30)24(25)32/h6-7,17,20-25,28-32H,3-5,8-16H2,1-2H3,(H,33,34)/b7-6-. The molecule has 6 atom stereocenters. The maximum atomic E-state index is 12.4. The Hall–Kier alpha value is -1.41. The van der Waals surface area contributed by atoms with Gasteiger partial charge >= 0.3 is 19.8 Å². The van der Waals surface area contributed by atoms with Crippen molar-refractivity contribution in [3.63, 3.8) is 0 Å². The molecule has 0 bridgehead atoms. The van der Waals surface area contributed by atoms with Gasteiger partial charge in [-0.1, -0.05) is 51.7 Å². The van der Waals surface area contributed by atoms with E-state index in [9.17, 15) is 44.6 Å². The number of carbonyl (C=O) groups excluding carboxylic acids is 2. The van der Waals surface area contributed by atoms with Gasteiger partial charge in [0.2, 0.25) is 0 Å². The van der Waals surface area contributed by atoms with Crippen molar-refractivity contribution in [2.75, 3.05) is 13.2 Å². The van der Waals surface area contributed by atoms with Crippen molar-refractivity contribution >= 4 is 19.8 Å². The smallest absolute Gasteiger partial charge is 0.462 e. The molecule has 0 aromatic rings. The molecule has 6 N–H and O–H groups in total. The summed E-state index contributed by atoms with van der Waals surface area (Å²) in [5.74, 6) is -1.22. The summed E-state index contributed by atoms with van der Waals surface area (Å²) in [7, 11) is -5.07. The summed E-state index contributed by atoms with van der Waals surface area (Å²) < 4.78 is 32.2. The van der Waals surface area contributed by atoms with Crippen molar-refractivity contribution in [1.82, 2.24) is 0 Å². The minimum atomic E-state index is -5.07. The molecule has 0 spiro atoms. The summed E-state index contributed by atoms with van der Waals surface area (Å²) in [5, 5.41) is 49.1. The summed E-state index contributed by atoms with van der Waals surface area (Å²) in [4.78, 5) is 33.9. The normalized spacial score (nSPS) is 27.7. The lowest BCUT2D eigenvalue weighted by atomic mass is 9.85. The Morgan fingerprint density at radius 3 is 1.97 bits per heavy atom. The highest BCUT2D eigenvalue weighted by atomic mass is 31.2. The van der Waals surface area contributed by atoms with Crippen LogP contribution in [0.15, 0.2) is 12.2 Å². The number of aliphatic hydroxyl groups is 5. The zero-order valence-corrected chi connectivity index (χ0v) is 23.6. The molecule has 1 saturated carbocycles. The summed E-state index contributed by atoms with van der Waals surface area (Å²) >= 11 is 0. The maximum Gasteiger partial charge on any atom is 0.472 e. The maximum absolute atomic E-state index is 12.4. The summed E-state index contributed by atoms with van der Waals surface area (Å²) in [6, 6.07) is 0. The largest absolute Gasteiger partial charge is 0.472 e. The number of hydrogen-bond donors (Lipinski definition) is 6. The molecule has 0 aromatic heterocycles. The summed E-state index contributed by atoms with van der Waals surface area (Å²) in [6.07, 6.45) is -0.973. The van der Waals surface area contributed by atoms with E-state index in [0.29, 0.717) is 6.42 Å². The van der Waals surface area contributed by atoms with E-state index in [1.807, 2.05) is 0 Å². The van der Waals surface area contributed by atoms with Crippen LogP contribution in [0.4, 0.5) is 0 Å². The Kier molecular flexibility index (Phi) is 17.2. The van der Waals surface area contributed by atoms with E-state index < -0.39 is 75.7 Å². The third-order valence-corrected chi connectivity index (χ3v) is 7.13. The first kappa shape index (κ1) is 35.6. The number of allylic oxidation sites excluding steroid dienone is 2. The predicted molar refractivity (Wildman–Crippen MR) is 138 cm³/mol. The highest BCUT2D eigenvalue weighted by Gasteiger charge is 2.51. The molecular formula is C25H45O13P. The molecule has 0 aliphatic heterocycles. The molecular weight excluding hydrogens is 539 g/mol. The van der Waals surface area contributed by atoms with Crippen LogP contribution in [0.25, 0.3) is 0 Å². The Bertz CT molecular complexity index is 776. The minimum Gasteiger partial charge on any atom is -0.462 e. The lowest BCUT2D eigenvalue weighted by Gasteiger charge is -2.41. The average Bonchev–Trinajstić information content (AvgIpc) is 2.91. The quantitative estimate of drug-likeness (QED) is 0.0547. The van der Waals surface area contributed by atoms with E-state index in [1.165, 1.54) is 0 Å². The molecule has 6 unspecified atom stereocenters. The van der Waals surface area contributed by atoms with Crippen molar-refractivity contribution in [3.8, 4) is 0 Å². The van der Waals surface area contributed by atoms with Crippen LogP contribution in [0.5, 0.6) is 0 Å². The predicted octanol–water partition coefficient (Wildman–Crippen LogP) is 1.26. The SMILES string of the molecule is CCC/C=C\CCCCCCCC(=O)OC(COC(=O)CC)COP(=O)(O)OC1C(O)C(O)C(O)C(O)C1O. The van der Waals surface area contributed by atoms with Crippen molar-refractivity contribution in [2.45, 2.75) is 121 Å². The molecule has 0 heterocycles.